The molecule has 1 N–H and O–H groups in total. The zero-order valence-electron chi connectivity index (χ0n) is 16.7. The van der Waals surface area contributed by atoms with Gasteiger partial charge >= 0.3 is 0 Å². The Morgan fingerprint density at radius 3 is 2.25 bits per heavy atom. The normalized spacial score (nSPS) is 21.1. The van der Waals surface area contributed by atoms with Crippen LogP contribution in [0.5, 0.6) is 0 Å². The summed E-state index contributed by atoms with van der Waals surface area (Å²) in [4.78, 5) is 41.1. The SMILES string of the molecule is CC(C)(C)N1CC(C(=O)N2CCC(NC(=O)c3ccc(Cl)cc3)CC2)CC1=O. The smallest absolute Gasteiger partial charge is 0.251 e. The number of nitrogens with zero attached hydrogens (tertiary/aromatic N) is 2. The maximum absolute atomic E-state index is 12.8. The molecule has 7 heteroatoms. The number of benzene rings is 1. The first-order valence-electron chi connectivity index (χ1n) is 9.81. The molecule has 0 bridgehead atoms. The van der Waals surface area contributed by atoms with E-state index in [4.69, 9.17) is 11.6 Å². The van der Waals surface area contributed by atoms with Crippen LogP contribution >= 0.6 is 11.6 Å². The molecule has 0 spiro atoms. The average Bonchev–Trinajstić information content (AvgIpc) is 3.04. The summed E-state index contributed by atoms with van der Waals surface area (Å²) in [5, 5.41) is 3.63. The Morgan fingerprint density at radius 2 is 1.71 bits per heavy atom. The van der Waals surface area contributed by atoms with E-state index >= 15 is 0 Å². The third kappa shape index (κ3) is 4.66. The minimum Gasteiger partial charge on any atom is -0.349 e. The van der Waals surface area contributed by atoms with E-state index < -0.39 is 0 Å². The molecule has 1 unspecified atom stereocenters. The van der Waals surface area contributed by atoms with E-state index in [1.165, 1.54) is 0 Å². The van der Waals surface area contributed by atoms with E-state index in [0.29, 0.717) is 49.5 Å². The van der Waals surface area contributed by atoms with Gasteiger partial charge in [-0.25, -0.2) is 0 Å². The van der Waals surface area contributed by atoms with E-state index in [1.54, 1.807) is 29.2 Å². The summed E-state index contributed by atoms with van der Waals surface area (Å²) in [6.45, 7) is 7.68. The minimum atomic E-state index is -0.259. The summed E-state index contributed by atoms with van der Waals surface area (Å²) in [6, 6.07) is 6.84. The molecule has 1 atom stereocenters. The summed E-state index contributed by atoms with van der Waals surface area (Å²) >= 11 is 5.86. The first-order chi connectivity index (χ1) is 13.1. The number of halogens is 1. The monoisotopic (exact) mass is 405 g/mol. The van der Waals surface area contributed by atoms with E-state index in [9.17, 15) is 14.4 Å². The standard InChI is InChI=1S/C21H28ClN3O3/c1-21(2,3)25-13-15(12-18(25)26)20(28)24-10-8-17(9-11-24)23-19(27)14-4-6-16(22)7-5-14/h4-7,15,17H,8-13H2,1-3H3,(H,23,27). The Morgan fingerprint density at radius 1 is 1.11 bits per heavy atom. The largest absolute Gasteiger partial charge is 0.349 e. The van der Waals surface area contributed by atoms with Crippen LogP contribution in [0, 0.1) is 5.92 Å². The first-order valence-corrected chi connectivity index (χ1v) is 10.2. The van der Waals surface area contributed by atoms with Crippen LogP contribution in [0.2, 0.25) is 5.02 Å². The fourth-order valence-corrected chi connectivity index (χ4v) is 4.02. The molecule has 3 rings (SSSR count). The summed E-state index contributed by atoms with van der Waals surface area (Å²) < 4.78 is 0. The van der Waals surface area contributed by atoms with E-state index in [-0.39, 0.29) is 35.2 Å². The molecule has 2 aliphatic rings. The van der Waals surface area contributed by atoms with Gasteiger partial charge in [0.15, 0.2) is 0 Å². The Balaban J connectivity index is 1.50. The fourth-order valence-electron chi connectivity index (χ4n) is 3.89. The van der Waals surface area contributed by atoms with E-state index in [2.05, 4.69) is 5.32 Å². The van der Waals surface area contributed by atoms with Crippen molar-refractivity contribution in [3.05, 3.63) is 34.9 Å². The van der Waals surface area contributed by atoms with Gasteiger partial charge in [-0.2, -0.15) is 0 Å². The van der Waals surface area contributed by atoms with Crippen molar-refractivity contribution in [2.75, 3.05) is 19.6 Å². The van der Waals surface area contributed by atoms with Crippen molar-refractivity contribution in [2.45, 2.75) is 51.6 Å². The molecule has 0 aromatic heterocycles. The lowest BCUT2D eigenvalue weighted by Gasteiger charge is -2.35. The van der Waals surface area contributed by atoms with Crippen molar-refractivity contribution in [3.63, 3.8) is 0 Å². The molecule has 3 amide bonds. The highest BCUT2D eigenvalue weighted by Gasteiger charge is 2.41. The number of carbonyl (C=O) groups is 3. The average molecular weight is 406 g/mol. The summed E-state index contributed by atoms with van der Waals surface area (Å²) in [7, 11) is 0. The minimum absolute atomic E-state index is 0.0449. The zero-order valence-corrected chi connectivity index (χ0v) is 17.5. The van der Waals surface area contributed by atoms with Crippen LogP contribution < -0.4 is 5.32 Å². The highest BCUT2D eigenvalue weighted by molar-refractivity contribution is 6.30. The van der Waals surface area contributed by atoms with Crippen molar-refractivity contribution in [1.82, 2.24) is 15.1 Å². The second-order valence-corrected chi connectivity index (χ2v) is 9.09. The highest BCUT2D eigenvalue weighted by Crippen LogP contribution is 2.28. The number of amides is 3. The molecular formula is C21H28ClN3O3. The van der Waals surface area contributed by atoms with Gasteiger partial charge in [0.1, 0.15) is 0 Å². The van der Waals surface area contributed by atoms with Gasteiger partial charge in [-0.05, 0) is 57.9 Å². The molecule has 2 saturated heterocycles. The van der Waals surface area contributed by atoms with Crippen molar-refractivity contribution in [1.29, 1.82) is 0 Å². The third-order valence-corrected chi connectivity index (χ3v) is 5.78. The van der Waals surface area contributed by atoms with Gasteiger partial charge in [-0.3, -0.25) is 14.4 Å². The lowest BCUT2D eigenvalue weighted by molar-refractivity contribution is -0.136. The molecule has 1 aromatic rings. The van der Waals surface area contributed by atoms with Crippen molar-refractivity contribution < 1.29 is 14.4 Å². The van der Waals surface area contributed by atoms with Gasteiger partial charge in [0, 0.05) is 48.2 Å². The molecule has 2 heterocycles. The van der Waals surface area contributed by atoms with Crippen LogP contribution in [0.1, 0.15) is 50.4 Å². The van der Waals surface area contributed by atoms with Crippen LogP contribution in [-0.4, -0.2) is 58.7 Å². The zero-order chi connectivity index (χ0) is 20.5. The van der Waals surface area contributed by atoms with Crippen LogP contribution in [0.4, 0.5) is 0 Å². The lowest BCUT2D eigenvalue weighted by Crippen LogP contribution is -2.48. The molecule has 152 valence electrons. The predicted molar refractivity (Wildman–Crippen MR) is 108 cm³/mol. The molecular weight excluding hydrogens is 378 g/mol. The number of hydrogen-bond acceptors (Lipinski definition) is 3. The predicted octanol–water partition coefficient (Wildman–Crippen LogP) is 2.71. The molecule has 0 saturated carbocycles. The fraction of sp³-hybridized carbons (Fsp3) is 0.571. The second-order valence-electron chi connectivity index (χ2n) is 8.66. The maximum Gasteiger partial charge on any atom is 0.251 e. The third-order valence-electron chi connectivity index (χ3n) is 5.53. The van der Waals surface area contributed by atoms with Crippen LogP contribution in [0.3, 0.4) is 0 Å². The number of piperidine rings is 1. The van der Waals surface area contributed by atoms with E-state index in [1.807, 2.05) is 25.7 Å². The number of carbonyl (C=O) groups excluding carboxylic acids is 3. The maximum atomic E-state index is 12.8. The van der Waals surface area contributed by atoms with Crippen LogP contribution in [0.25, 0.3) is 0 Å². The number of rotatable bonds is 3. The molecule has 6 nitrogen and oxygen atoms in total. The quantitative estimate of drug-likeness (QED) is 0.840. The topological polar surface area (TPSA) is 69.7 Å². The highest BCUT2D eigenvalue weighted by atomic mass is 35.5. The number of hydrogen-bond donors (Lipinski definition) is 1. The van der Waals surface area contributed by atoms with Gasteiger partial charge in [0.25, 0.3) is 5.91 Å². The Hall–Kier alpha value is -2.08. The molecule has 2 aliphatic heterocycles. The second kappa shape index (κ2) is 8.11. The van der Waals surface area contributed by atoms with Crippen LogP contribution in [0.15, 0.2) is 24.3 Å². The number of likely N-dealkylation sites (tertiary alicyclic amines) is 2. The van der Waals surface area contributed by atoms with Crippen molar-refractivity contribution >= 4 is 29.3 Å². The molecule has 0 radical (unpaired) electrons. The van der Waals surface area contributed by atoms with Crippen LogP contribution in [-0.2, 0) is 9.59 Å². The van der Waals surface area contributed by atoms with Gasteiger partial charge in [-0.1, -0.05) is 11.6 Å². The van der Waals surface area contributed by atoms with Gasteiger partial charge in [0.2, 0.25) is 11.8 Å². The summed E-state index contributed by atoms with van der Waals surface area (Å²) in [6.07, 6.45) is 1.73. The van der Waals surface area contributed by atoms with Gasteiger partial charge < -0.3 is 15.1 Å². The molecule has 2 fully saturated rings. The van der Waals surface area contributed by atoms with E-state index in [0.717, 1.165) is 0 Å². The Bertz CT molecular complexity index is 749. The lowest BCUT2D eigenvalue weighted by atomic mass is 10.0. The van der Waals surface area contributed by atoms with Crippen molar-refractivity contribution in [3.8, 4) is 0 Å². The first kappa shape index (κ1) is 20.6. The molecule has 1 aromatic carbocycles. The molecule has 28 heavy (non-hydrogen) atoms. The molecule has 0 aliphatic carbocycles. The van der Waals surface area contributed by atoms with Crippen molar-refractivity contribution in [2.24, 2.45) is 5.92 Å². The van der Waals surface area contributed by atoms with Gasteiger partial charge in [-0.15, -0.1) is 0 Å². The number of nitrogens with one attached hydrogen (secondary N) is 1. The Labute approximate surface area is 171 Å². The summed E-state index contributed by atoms with van der Waals surface area (Å²) in [5.41, 5.74) is 0.320. The Kier molecular flexibility index (Phi) is 5.98. The summed E-state index contributed by atoms with van der Waals surface area (Å²) in [5.74, 6) is -0.269. The van der Waals surface area contributed by atoms with Gasteiger partial charge in [0.05, 0.1) is 5.92 Å².